The molecule has 1 aliphatic heterocycles. The monoisotopic (exact) mass is 456 g/mol. The van der Waals surface area contributed by atoms with Crippen LogP contribution in [0.4, 0.5) is 4.39 Å². The number of hydrogen-bond donors (Lipinski definition) is 4. The first-order chi connectivity index (χ1) is 16.6. The van der Waals surface area contributed by atoms with Crippen molar-refractivity contribution < 1.29 is 4.39 Å². The van der Waals surface area contributed by atoms with Gasteiger partial charge in [-0.25, -0.2) is 9.97 Å². The van der Waals surface area contributed by atoms with E-state index in [-0.39, 0.29) is 5.95 Å². The molecule has 2 fully saturated rings. The summed E-state index contributed by atoms with van der Waals surface area (Å²) in [5, 5.41) is 6.88. The number of nitrogens with zero attached hydrogens (tertiary/aromatic N) is 2. The van der Waals surface area contributed by atoms with Gasteiger partial charge in [0.1, 0.15) is 17.3 Å². The van der Waals surface area contributed by atoms with Crippen LogP contribution in [0.1, 0.15) is 43.9 Å². The summed E-state index contributed by atoms with van der Waals surface area (Å²) in [6, 6.07) is 17.2. The molecule has 7 heteroatoms. The van der Waals surface area contributed by atoms with Crippen LogP contribution in [0.15, 0.2) is 54.7 Å². The van der Waals surface area contributed by atoms with Gasteiger partial charge in [0, 0.05) is 11.6 Å². The smallest absolute Gasteiger partial charge is 0.219 e. The summed E-state index contributed by atoms with van der Waals surface area (Å²) in [5.74, 6) is 1.97. The van der Waals surface area contributed by atoms with Crippen molar-refractivity contribution in [2.45, 2.75) is 44.8 Å². The number of nitrogens with one attached hydrogen (secondary N) is 4. The van der Waals surface area contributed by atoms with E-state index in [1.165, 1.54) is 12.8 Å². The topological polar surface area (TPSA) is 81.4 Å². The highest BCUT2D eigenvalue weighted by molar-refractivity contribution is 5.71. The summed E-state index contributed by atoms with van der Waals surface area (Å²) in [5.41, 5.74) is 5.47. The number of imidazole rings is 2. The molecule has 6 nitrogen and oxygen atoms in total. The first kappa shape index (κ1) is 21.3. The second-order valence-corrected chi connectivity index (χ2v) is 9.53. The number of aromatic nitrogens is 4. The zero-order valence-corrected chi connectivity index (χ0v) is 19.2. The Hall–Kier alpha value is -3.29. The minimum Gasteiger partial charge on any atom is -0.341 e. The number of halogens is 1. The molecule has 3 unspecified atom stereocenters. The summed E-state index contributed by atoms with van der Waals surface area (Å²) < 4.78 is 14.5. The molecule has 0 radical (unpaired) electrons. The summed E-state index contributed by atoms with van der Waals surface area (Å²) in [7, 11) is 0. The van der Waals surface area contributed by atoms with Crippen molar-refractivity contribution in [1.82, 2.24) is 30.6 Å². The molecule has 174 valence electrons. The van der Waals surface area contributed by atoms with Crippen LogP contribution in [-0.2, 0) is 6.54 Å². The molecule has 3 heterocycles. The van der Waals surface area contributed by atoms with Gasteiger partial charge in [-0.2, -0.15) is 4.39 Å². The van der Waals surface area contributed by atoms with E-state index in [1.807, 2.05) is 30.5 Å². The lowest BCUT2D eigenvalue weighted by atomic mass is 10.0. The van der Waals surface area contributed by atoms with Gasteiger partial charge in [-0.05, 0) is 48.4 Å². The van der Waals surface area contributed by atoms with Crippen LogP contribution in [0.3, 0.4) is 0 Å². The maximum atomic E-state index is 14.5. The van der Waals surface area contributed by atoms with Crippen LogP contribution in [0.25, 0.3) is 33.6 Å². The molecule has 1 saturated carbocycles. The number of aromatic amines is 2. The molecule has 1 aliphatic carbocycles. The van der Waals surface area contributed by atoms with Crippen LogP contribution < -0.4 is 10.6 Å². The highest BCUT2D eigenvalue weighted by Crippen LogP contribution is 2.30. The molecule has 0 spiro atoms. The molecule has 34 heavy (non-hydrogen) atoms. The Morgan fingerprint density at radius 3 is 2.29 bits per heavy atom. The zero-order chi connectivity index (χ0) is 23.1. The molecule has 0 bridgehead atoms. The Morgan fingerprint density at radius 1 is 0.971 bits per heavy atom. The normalized spacial score (nSPS) is 21.8. The van der Waals surface area contributed by atoms with E-state index >= 15 is 0 Å². The molecular formula is C27H29FN6. The molecule has 4 N–H and O–H groups in total. The molecule has 0 amide bonds. The zero-order valence-electron chi connectivity index (χ0n) is 19.2. The number of rotatable bonds is 7. The van der Waals surface area contributed by atoms with Crippen molar-refractivity contribution in [1.29, 1.82) is 0 Å². The van der Waals surface area contributed by atoms with Gasteiger partial charge in [-0.3, -0.25) is 0 Å². The first-order valence-electron chi connectivity index (χ1n) is 12.1. The quantitative estimate of drug-likeness (QED) is 0.308. The lowest BCUT2D eigenvalue weighted by molar-refractivity contribution is 0.580. The van der Waals surface area contributed by atoms with E-state index in [2.05, 4.69) is 61.8 Å². The van der Waals surface area contributed by atoms with Crippen molar-refractivity contribution in [3.63, 3.8) is 0 Å². The van der Waals surface area contributed by atoms with Crippen molar-refractivity contribution in [2.24, 2.45) is 5.92 Å². The summed E-state index contributed by atoms with van der Waals surface area (Å²) >= 11 is 0. The average molecular weight is 457 g/mol. The maximum absolute atomic E-state index is 14.5. The summed E-state index contributed by atoms with van der Waals surface area (Å²) in [4.78, 5) is 15.3. The minimum atomic E-state index is -0.385. The van der Waals surface area contributed by atoms with Gasteiger partial charge in [0.2, 0.25) is 5.95 Å². The van der Waals surface area contributed by atoms with Gasteiger partial charge in [-0.1, -0.05) is 55.5 Å². The second-order valence-electron chi connectivity index (χ2n) is 9.53. The van der Waals surface area contributed by atoms with E-state index in [9.17, 15) is 4.39 Å². The molecular weight excluding hydrogens is 427 g/mol. The minimum absolute atomic E-state index is 0.333. The Morgan fingerprint density at radius 2 is 1.65 bits per heavy atom. The lowest BCUT2D eigenvalue weighted by Gasteiger charge is -2.06. The standard InChI is InChI=1S/C27H29FN6/c1-16-13-22(16)30-15-24-33-25(26(28)34-24)20-10-6-18(7-11-20)17-4-8-19(9-5-17)23-14-31-27(32-23)21-3-2-12-29-21/h4-11,14,16,21-22,29-30H,2-3,12-13,15H2,1H3,(H,31,32)(H,33,34). The van der Waals surface area contributed by atoms with Gasteiger partial charge in [-0.15, -0.1) is 0 Å². The van der Waals surface area contributed by atoms with E-state index in [0.29, 0.717) is 36.1 Å². The van der Waals surface area contributed by atoms with Gasteiger partial charge in [0.15, 0.2) is 0 Å². The molecule has 2 aromatic carbocycles. The van der Waals surface area contributed by atoms with Crippen LogP contribution in [0.2, 0.25) is 0 Å². The Labute approximate surface area is 198 Å². The highest BCUT2D eigenvalue weighted by atomic mass is 19.1. The van der Waals surface area contributed by atoms with Gasteiger partial charge >= 0.3 is 0 Å². The number of H-pyrrole nitrogens is 2. The first-order valence-corrected chi connectivity index (χ1v) is 12.1. The highest BCUT2D eigenvalue weighted by Gasteiger charge is 2.32. The molecule has 2 aromatic heterocycles. The molecule has 4 aromatic rings. The van der Waals surface area contributed by atoms with Crippen molar-refractivity contribution in [2.75, 3.05) is 6.54 Å². The Bertz CT molecular complexity index is 1270. The van der Waals surface area contributed by atoms with Crippen molar-refractivity contribution in [3.05, 3.63) is 72.3 Å². The Kier molecular flexibility index (Phi) is 5.51. The maximum Gasteiger partial charge on any atom is 0.219 e. The third-order valence-electron chi connectivity index (χ3n) is 7.02. The van der Waals surface area contributed by atoms with Gasteiger partial charge in [0.05, 0.1) is 24.5 Å². The van der Waals surface area contributed by atoms with Crippen molar-refractivity contribution in [3.8, 4) is 33.6 Å². The van der Waals surface area contributed by atoms with Crippen LogP contribution in [0, 0.1) is 11.9 Å². The summed E-state index contributed by atoms with van der Waals surface area (Å²) in [6.45, 7) is 3.83. The third kappa shape index (κ3) is 4.29. The van der Waals surface area contributed by atoms with Crippen LogP contribution in [-0.4, -0.2) is 32.5 Å². The van der Waals surface area contributed by atoms with E-state index < -0.39 is 0 Å². The van der Waals surface area contributed by atoms with Crippen molar-refractivity contribution >= 4 is 0 Å². The fourth-order valence-corrected chi connectivity index (χ4v) is 4.75. The lowest BCUT2D eigenvalue weighted by Crippen LogP contribution is -2.17. The molecule has 6 rings (SSSR count). The summed E-state index contributed by atoms with van der Waals surface area (Å²) in [6.07, 6.45) is 5.41. The van der Waals surface area contributed by atoms with Crippen LogP contribution >= 0.6 is 0 Å². The second kappa shape index (κ2) is 8.81. The molecule has 2 aliphatic rings. The predicted octanol–water partition coefficient (Wildman–Crippen LogP) is 5.20. The van der Waals surface area contributed by atoms with Gasteiger partial charge in [0.25, 0.3) is 0 Å². The SMILES string of the molecule is CC1CC1NCc1nc(-c2ccc(-c3ccc(-c4cnc(C5CCCN5)[nH]4)cc3)cc2)c(F)[nH]1. The van der Waals surface area contributed by atoms with Gasteiger partial charge < -0.3 is 20.6 Å². The number of benzene rings is 2. The fourth-order valence-electron chi connectivity index (χ4n) is 4.75. The van der Waals surface area contributed by atoms with E-state index in [0.717, 1.165) is 46.7 Å². The predicted molar refractivity (Wildman–Crippen MR) is 131 cm³/mol. The fraction of sp³-hybridized carbons (Fsp3) is 0.333. The van der Waals surface area contributed by atoms with E-state index in [1.54, 1.807) is 0 Å². The number of hydrogen-bond acceptors (Lipinski definition) is 4. The third-order valence-corrected chi connectivity index (χ3v) is 7.02. The average Bonchev–Trinajstić information content (AvgIpc) is 3.33. The molecule has 3 atom stereocenters. The Balaban J connectivity index is 1.14. The van der Waals surface area contributed by atoms with E-state index in [4.69, 9.17) is 0 Å². The molecule has 1 saturated heterocycles. The van der Waals surface area contributed by atoms with Crippen LogP contribution in [0.5, 0.6) is 0 Å². The largest absolute Gasteiger partial charge is 0.341 e.